The van der Waals surface area contributed by atoms with E-state index >= 15 is 0 Å². The van der Waals surface area contributed by atoms with E-state index in [0.717, 1.165) is 11.8 Å². The monoisotopic (exact) mass is 145 g/mol. The van der Waals surface area contributed by atoms with Gasteiger partial charge in [-0.1, -0.05) is 0 Å². The first kappa shape index (κ1) is 8.10. The van der Waals surface area contributed by atoms with Crippen molar-refractivity contribution in [2.75, 3.05) is 7.11 Å². The average molecular weight is 145 g/mol. The lowest BCUT2D eigenvalue weighted by Crippen LogP contribution is -1.94. The second-order valence-corrected chi connectivity index (χ2v) is 1.18. The van der Waals surface area contributed by atoms with E-state index in [1.54, 1.807) is 0 Å². The van der Waals surface area contributed by atoms with Crippen molar-refractivity contribution in [3.05, 3.63) is 12.3 Å². The summed E-state index contributed by atoms with van der Waals surface area (Å²) in [5.74, 6) is -0.591. The zero-order chi connectivity index (χ0) is 7.11. The van der Waals surface area contributed by atoms with Gasteiger partial charge < -0.3 is 9.47 Å². The predicted octanol–water partition coefficient (Wildman–Crippen LogP) is 0.450. The van der Waals surface area contributed by atoms with E-state index in [9.17, 15) is 4.79 Å². The Hall–Kier alpha value is -0.900. The van der Waals surface area contributed by atoms with Crippen LogP contribution < -0.4 is 0 Å². The Bertz CT molecular complexity index is 130. The van der Waals surface area contributed by atoms with E-state index in [-0.39, 0.29) is 0 Å². The molecular weight excluding hydrogens is 140 g/mol. The van der Waals surface area contributed by atoms with Crippen LogP contribution in [0.2, 0.25) is 0 Å². The van der Waals surface area contributed by atoms with Crippen molar-refractivity contribution in [1.82, 2.24) is 0 Å². The molecule has 0 N–H and O–H groups in total. The smallest absolute Gasteiger partial charge is 0.342 e. The van der Waals surface area contributed by atoms with Gasteiger partial charge in [-0.15, -0.1) is 0 Å². The van der Waals surface area contributed by atoms with Crippen LogP contribution in [0.25, 0.3) is 0 Å². The maximum Gasteiger partial charge on any atom is 0.342 e. The molecule has 0 aromatic rings. The molecule has 0 rings (SSSR count). The molecule has 49 valence electrons. The molecule has 0 amide bonds. The minimum atomic E-state index is -0.591. The molecule has 9 heavy (non-hydrogen) atoms. The third-order valence-corrected chi connectivity index (χ3v) is 0.597. The fraction of sp³-hybridized carbons (Fsp3) is 0.200. The molecule has 0 spiro atoms. The Morgan fingerprint density at radius 2 is 2.44 bits per heavy atom. The highest BCUT2D eigenvalue weighted by Gasteiger charge is 1.88. The SMILES string of the molecule is COC(=O)/[C]=C/OC=S. The largest absolute Gasteiger partial charge is 0.465 e. The zero-order valence-corrected chi connectivity index (χ0v) is 5.60. The van der Waals surface area contributed by atoms with Crippen molar-refractivity contribution < 1.29 is 14.3 Å². The van der Waals surface area contributed by atoms with Crippen LogP contribution in [0.4, 0.5) is 0 Å². The van der Waals surface area contributed by atoms with Gasteiger partial charge in [-0.2, -0.15) is 0 Å². The zero-order valence-electron chi connectivity index (χ0n) is 4.79. The van der Waals surface area contributed by atoms with Crippen molar-refractivity contribution in [3.63, 3.8) is 0 Å². The Kier molecular flexibility index (Phi) is 4.72. The highest BCUT2D eigenvalue weighted by Crippen LogP contribution is 1.75. The molecule has 0 aromatic carbocycles. The number of methoxy groups -OCH3 is 1. The van der Waals surface area contributed by atoms with Crippen molar-refractivity contribution in [3.8, 4) is 0 Å². The van der Waals surface area contributed by atoms with Gasteiger partial charge in [-0.05, 0) is 12.2 Å². The lowest BCUT2D eigenvalue weighted by atomic mass is 10.6. The van der Waals surface area contributed by atoms with Crippen LogP contribution in [-0.2, 0) is 14.3 Å². The van der Waals surface area contributed by atoms with Crippen molar-refractivity contribution in [1.29, 1.82) is 0 Å². The van der Waals surface area contributed by atoms with Crippen LogP contribution in [0, 0.1) is 6.08 Å². The predicted molar refractivity (Wildman–Crippen MR) is 34.6 cm³/mol. The quantitative estimate of drug-likeness (QED) is 0.250. The fourth-order valence-electron chi connectivity index (χ4n) is 0.169. The standard InChI is InChI=1S/C5H5O3S/c1-7-5(6)2-3-8-4-9/h3-4H,1H3. The summed E-state index contributed by atoms with van der Waals surface area (Å²) in [7, 11) is 1.25. The van der Waals surface area contributed by atoms with E-state index in [0.29, 0.717) is 0 Å². The fourth-order valence-corrected chi connectivity index (χ4v) is 0.224. The Balaban J connectivity index is 3.43. The Morgan fingerprint density at radius 3 is 2.89 bits per heavy atom. The molecule has 0 fully saturated rings. The van der Waals surface area contributed by atoms with Gasteiger partial charge in [0.25, 0.3) is 0 Å². The second-order valence-electron chi connectivity index (χ2n) is 0.986. The Morgan fingerprint density at radius 1 is 1.78 bits per heavy atom. The molecule has 1 radical (unpaired) electrons. The molecule has 0 saturated carbocycles. The number of hydrogen-bond donors (Lipinski definition) is 0. The molecule has 0 saturated heterocycles. The molecule has 4 heteroatoms. The molecule has 3 nitrogen and oxygen atoms in total. The first-order valence-corrected chi connectivity index (χ1v) is 2.53. The normalized spacial score (nSPS) is 9.00. The van der Waals surface area contributed by atoms with E-state index in [1.807, 2.05) is 0 Å². The summed E-state index contributed by atoms with van der Waals surface area (Å²) in [6.45, 7) is 0. The lowest BCUT2D eigenvalue weighted by molar-refractivity contribution is -0.135. The molecule has 0 aromatic heterocycles. The average Bonchev–Trinajstić information content (AvgIpc) is 1.89. The highest BCUT2D eigenvalue weighted by atomic mass is 32.1. The van der Waals surface area contributed by atoms with Gasteiger partial charge in [-0.25, -0.2) is 4.79 Å². The van der Waals surface area contributed by atoms with E-state index in [1.165, 1.54) is 7.11 Å². The van der Waals surface area contributed by atoms with Crippen LogP contribution in [0.5, 0.6) is 0 Å². The summed E-state index contributed by atoms with van der Waals surface area (Å²) in [6.07, 6.45) is 3.15. The van der Waals surface area contributed by atoms with Gasteiger partial charge >= 0.3 is 5.97 Å². The van der Waals surface area contributed by atoms with Gasteiger partial charge in [0.05, 0.1) is 7.11 Å². The number of rotatable bonds is 3. The molecular formula is C5H5O3S. The minimum Gasteiger partial charge on any atom is -0.465 e. The topological polar surface area (TPSA) is 35.5 Å². The molecule has 0 heterocycles. The van der Waals surface area contributed by atoms with Crippen LogP contribution >= 0.6 is 12.2 Å². The minimum absolute atomic E-state index is 0.591. The van der Waals surface area contributed by atoms with Gasteiger partial charge in [0.15, 0.2) is 5.55 Å². The van der Waals surface area contributed by atoms with E-state index in [4.69, 9.17) is 0 Å². The first-order valence-electron chi connectivity index (χ1n) is 2.06. The van der Waals surface area contributed by atoms with Crippen molar-refractivity contribution >= 4 is 23.7 Å². The summed E-state index contributed by atoms with van der Waals surface area (Å²) in [6, 6.07) is 0. The number of carbonyl (C=O) groups is 1. The third kappa shape index (κ3) is 4.96. The summed E-state index contributed by atoms with van der Waals surface area (Å²) in [4.78, 5) is 10.2. The maximum atomic E-state index is 10.2. The number of esters is 1. The van der Waals surface area contributed by atoms with Crippen molar-refractivity contribution in [2.45, 2.75) is 0 Å². The van der Waals surface area contributed by atoms with E-state index < -0.39 is 5.97 Å². The molecule has 0 bridgehead atoms. The number of hydrogen-bond acceptors (Lipinski definition) is 4. The van der Waals surface area contributed by atoms with Crippen molar-refractivity contribution in [2.24, 2.45) is 0 Å². The summed E-state index contributed by atoms with van der Waals surface area (Å²) >= 11 is 4.27. The van der Waals surface area contributed by atoms with Gasteiger partial charge in [0.1, 0.15) is 12.3 Å². The second kappa shape index (κ2) is 5.24. The number of thiocarbonyl (C=S) groups is 1. The Labute approximate surface area is 58.3 Å². The molecule has 0 atom stereocenters. The molecule has 0 unspecified atom stereocenters. The summed E-state index contributed by atoms with van der Waals surface area (Å²) in [5, 5.41) is 0. The highest BCUT2D eigenvalue weighted by molar-refractivity contribution is 7.78. The van der Waals surface area contributed by atoms with Crippen LogP contribution in [0.15, 0.2) is 6.26 Å². The number of carbonyl (C=O) groups excluding carboxylic acids is 1. The first-order chi connectivity index (χ1) is 4.31. The summed E-state index contributed by atoms with van der Waals surface area (Å²) in [5.41, 5.74) is 1.01. The van der Waals surface area contributed by atoms with Crippen LogP contribution in [0.3, 0.4) is 0 Å². The molecule has 0 aliphatic carbocycles. The summed E-state index contributed by atoms with van der Waals surface area (Å²) < 4.78 is 8.55. The molecule has 0 aliphatic rings. The van der Waals surface area contributed by atoms with Gasteiger partial charge in [0.2, 0.25) is 0 Å². The van der Waals surface area contributed by atoms with E-state index in [2.05, 4.69) is 27.8 Å². The maximum absolute atomic E-state index is 10.2. The lowest BCUT2D eigenvalue weighted by Gasteiger charge is -1.86. The van der Waals surface area contributed by atoms with Crippen LogP contribution in [-0.4, -0.2) is 18.6 Å². The van der Waals surface area contributed by atoms with Gasteiger partial charge in [0, 0.05) is 0 Å². The van der Waals surface area contributed by atoms with Gasteiger partial charge in [-0.3, -0.25) is 0 Å². The third-order valence-electron chi connectivity index (χ3n) is 0.486. The van der Waals surface area contributed by atoms with Crippen LogP contribution in [0.1, 0.15) is 0 Å². The number of ether oxygens (including phenoxy) is 2. The molecule has 0 aliphatic heterocycles.